The molecular formula is C8H9NO2. The van der Waals surface area contributed by atoms with Crippen LogP contribution < -0.4 is 4.74 Å². The predicted octanol–water partition coefficient (Wildman–Crippen LogP) is 1.32. The van der Waals surface area contributed by atoms with Crippen LogP contribution in [0.2, 0.25) is 0 Å². The summed E-state index contributed by atoms with van der Waals surface area (Å²) in [6.07, 6.45) is 3.18. The van der Waals surface area contributed by atoms with Gasteiger partial charge in [0.15, 0.2) is 5.75 Å². The molecule has 3 nitrogen and oxygen atoms in total. The fourth-order valence-electron chi connectivity index (χ4n) is 0.711. The molecule has 1 rings (SSSR count). The van der Waals surface area contributed by atoms with E-state index < -0.39 is 0 Å². The molecule has 1 heterocycles. The highest BCUT2D eigenvalue weighted by molar-refractivity contribution is 5.69. The Kier molecular flexibility index (Phi) is 2.21. The molecule has 0 amide bonds. The van der Waals surface area contributed by atoms with E-state index in [0.717, 1.165) is 5.56 Å². The lowest BCUT2D eigenvalue weighted by Crippen LogP contribution is -2.02. The van der Waals surface area contributed by atoms with Crippen LogP contribution in [0.15, 0.2) is 18.5 Å². The third-order valence-corrected chi connectivity index (χ3v) is 1.24. The number of ether oxygens (including phenoxy) is 1. The maximum Gasteiger partial charge on any atom is 0.308 e. The van der Waals surface area contributed by atoms with Crippen LogP contribution in [0.5, 0.6) is 5.75 Å². The Morgan fingerprint density at radius 3 is 2.91 bits per heavy atom. The smallest absolute Gasteiger partial charge is 0.308 e. The van der Waals surface area contributed by atoms with E-state index in [9.17, 15) is 4.79 Å². The van der Waals surface area contributed by atoms with Crippen LogP contribution in [0.1, 0.15) is 12.5 Å². The van der Waals surface area contributed by atoms with Crippen molar-refractivity contribution in [1.82, 2.24) is 4.98 Å². The maximum atomic E-state index is 10.5. The van der Waals surface area contributed by atoms with Gasteiger partial charge in [0.25, 0.3) is 0 Å². The van der Waals surface area contributed by atoms with Gasteiger partial charge in [-0.05, 0) is 18.6 Å². The van der Waals surface area contributed by atoms with Crippen molar-refractivity contribution in [3.05, 3.63) is 24.0 Å². The molecule has 0 aliphatic carbocycles. The number of carbonyl (C=O) groups is 1. The van der Waals surface area contributed by atoms with Crippen molar-refractivity contribution in [2.45, 2.75) is 13.8 Å². The monoisotopic (exact) mass is 151 g/mol. The number of hydrogen-bond donors (Lipinski definition) is 0. The molecule has 0 bridgehead atoms. The zero-order valence-corrected chi connectivity index (χ0v) is 6.50. The molecule has 0 aliphatic heterocycles. The first kappa shape index (κ1) is 7.72. The SMILES string of the molecule is CC(=O)Oc1cnccc1C. The largest absolute Gasteiger partial charge is 0.425 e. The first-order valence-corrected chi connectivity index (χ1v) is 3.29. The highest BCUT2D eigenvalue weighted by Crippen LogP contribution is 2.13. The van der Waals surface area contributed by atoms with E-state index in [0.29, 0.717) is 5.75 Å². The number of aryl methyl sites for hydroxylation is 1. The van der Waals surface area contributed by atoms with Crippen molar-refractivity contribution >= 4 is 5.97 Å². The van der Waals surface area contributed by atoms with Gasteiger partial charge in [0, 0.05) is 13.1 Å². The first-order chi connectivity index (χ1) is 5.20. The summed E-state index contributed by atoms with van der Waals surface area (Å²) in [5.74, 6) is 0.209. The third-order valence-electron chi connectivity index (χ3n) is 1.24. The average Bonchev–Trinajstić information content (AvgIpc) is 1.93. The highest BCUT2D eigenvalue weighted by atomic mass is 16.5. The lowest BCUT2D eigenvalue weighted by molar-refractivity contribution is -0.131. The van der Waals surface area contributed by atoms with Gasteiger partial charge in [-0.1, -0.05) is 0 Å². The van der Waals surface area contributed by atoms with Crippen molar-refractivity contribution in [2.75, 3.05) is 0 Å². The summed E-state index contributed by atoms with van der Waals surface area (Å²) in [4.78, 5) is 14.3. The van der Waals surface area contributed by atoms with E-state index >= 15 is 0 Å². The van der Waals surface area contributed by atoms with Gasteiger partial charge in [-0.25, -0.2) is 0 Å². The van der Waals surface area contributed by atoms with E-state index in [4.69, 9.17) is 4.74 Å². The van der Waals surface area contributed by atoms with Gasteiger partial charge < -0.3 is 4.74 Å². The molecule has 0 saturated carbocycles. The molecule has 0 radical (unpaired) electrons. The van der Waals surface area contributed by atoms with Crippen LogP contribution in [-0.4, -0.2) is 11.0 Å². The quantitative estimate of drug-likeness (QED) is 0.568. The number of aromatic nitrogens is 1. The second-order valence-electron chi connectivity index (χ2n) is 2.23. The number of hydrogen-bond acceptors (Lipinski definition) is 3. The summed E-state index contributed by atoms with van der Waals surface area (Å²) in [6.45, 7) is 3.23. The zero-order chi connectivity index (χ0) is 8.27. The van der Waals surface area contributed by atoms with Crippen LogP contribution in [-0.2, 0) is 4.79 Å². The number of nitrogens with zero attached hydrogens (tertiary/aromatic N) is 1. The van der Waals surface area contributed by atoms with Gasteiger partial charge in [0.05, 0.1) is 6.20 Å². The Morgan fingerprint density at radius 2 is 2.36 bits per heavy atom. The van der Waals surface area contributed by atoms with Crippen molar-refractivity contribution in [2.24, 2.45) is 0 Å². The molecule has 0 aliphatic rings. The number of carbonyl (C=O) groups excluding carboxylic acids is 1. The Hall–Kier alpha value is -1.38. The summed E-state index contributed by atoms with van der Waals surface area (Å²) in [6, 6.07) is 1.79. The van der Waals surface area contributed by atoms with E-state index in [1.807, 2.05) is 6.92 Å². The van der Waals surface area contributed by atoms with Gasteiger partial charge in [-0.3, -0.25) is 9.78 Å². The molecule has 1 aromatic heterocycles. The van der Waals surface area contributed by atoms with Crippen LogP contribution in [0.4, 0.5) is 0 Å². The number of pyridine rings is 1. The Morgan fingerprint density at radius 1 is 1.64 bits per heavy atom. The summed E-state index contributed by atoms with van der Waals surface area (Å²) in [5.41, 5.74) is 0.912. The van der Waals surface area contributed by atoms with Gasteiger partial charge in [-0.2, -0.15) is 0 Å². The van der Waals surface area contributed by atoms with Crippen LogP contribution in [0, 0.1) is 6.92 Å². The topological polar surface area (TPSA) is 39.2 Å². The van der Waals surface area contributed by atoms with E-state index in [1.54, 1.807) is 12.3 Å². The van der Waals surface area contributed by atoms with Crippen LogP contribution in [0.25, 0.3) is 0 Å². The molecule has 0 N–H and O–H groups in total. The van der Waals surface area contributed by atoms with E-state index in [2.05, 4.69) is 4.98 Å². The van der Waals surface area contributed by atoms with Gasteiger partial charge >= 0.3 is 5.97 Å². The fraction of sp³-hybridized carbons (Fsp3) is 0.250. The predicted molar refractivity (Wildman–Crippen MR) is 40.3 cm³/mol. The molecule has 0 aromatic carbocycles. The summed E-state index contributed by atoms with van der Waals surface area (Å²) < 4.78 is 4.84. The Bertz CT molecular complexity index is 271. The second-order valence-corrected chi connectivity index (χ2v) is 2.23. The van der Waals surface area contributed by atoms with Gasteiger partial charge in [0.1, 0.15) is 0 Å². The number of esters is 1. The van der Waals surface area contributed by atoms with Crippen molar-refractivity contribution in [1.29, 1.82) is 0 Å². The minimum Gasteiger partial charge on any atom is -0.425 e. The highest BCUT2D eigenvalue weighted by Gasteiger charge is 1.99. The van der Waals surface area contributed by atoms with Crippen molar-refractivity contribution in [3.63, 3.8) is 0 Å². The summed E-state index contributed by atoms with van der Waals surface area (Å²) in [7, 11) is 0. The molecule has 0 saturated heterocycles. The van der Waals surface area contributed by atoms with Crippen molar-refractivity contribution < 1.29 is 9.53 Å². The molecule has 11 heavy (non-hydrogen) atoms. The lowest BCUT2D eigenvalue weighted by Gasteiger charge is -2.02. The molecule has 0 spiro atoms. The fourth-order valence-corrected chi connectivity index (χ4v) is 0.711. The third kappa shape index (κ3) is 2.04. The molecule has 0 atom stereocenters. The number of rotatable bonds is 1. The zero-order valence-electron chi connectivity index (χ0n) is 6.50. The summed E-state index contributed by atoms with van der Waals surface area (Å²) in [5, 5.41) is 0. The Labute approximate surface area is 65.0 Å². The molecule has 58 valence electrons. The molecule has 3 heteroatoms. The lowest BCUT2D eigenvalue weighted by atomic mass is 10.3. The Balaban J connectivity index is 2.86. The second kappa shape index (κ2) is 3.14. The molecule has 1 aromatic rings. The molecule has 0 unspecified atom stereocenters. The molecular weight excluding hydrogens is 142 g/mol. The molecule has 0 fully saturated rings. The van der Waals surface area contributed by atoms with Crippen LogP contribution in [0.3, 0.4) is 0 Å². The van der Waals surface area contributed by atoms with Crippen LogP contribution >= 0.6 is 0 Å². The normalized spacial score (nSPS) is 9.27. The van der Waals surface area contributed by atoms with E-state index in [-0.39, 0.29) is 5.97 Å². The minimum absolute atomic E-state index is 0.318. The first-order valence-electron chi connectivity index (χ1n) is 3.29. The standard InChI is InChI=1S/C8H9NO2/c1-6-3-4-9-5-8(6)11-7(2)10/h3-5H,1-2H3. The van der Waals surface area contributed by atoms with E-state index in [1.165, 1.54) is 13.1 Å². The average molecular weight is 151 g/mol. The van der Waals surface area contributed by atoms with Gasteiger partial charge in [-0.15, -0.1) is 0 Å². The van der Waals surface area contributed by atoms with Gasteiger partial charge in [0.2, 0.25) is 0 Å². The summed E-state index contributed by atoms with van der Waals surface area (Å²) >= 11 is 0. The minimum atomic E-state index is -0.318. The van der Waals surface area contributed by atoms with Crippen molar-refractivity contribution in [3.8, 4) is 5.75 Å². The maximum absolute atomic E-state index is 10.5.